The number of hydrogen-bond acceptors (Lipinski definition) is 5. The monoisotopic (exact) mass is 318 g/mol. The topological polar surface area (TPSA) is 66.9 Å². The molecular formula is C15H15FN4OS. The second-order valence-electron chi connectivity index (χ2n) is 5.70. The highest BCUT2D eigenvalue weighted by Crippen LogP contribution is 2.56. The fourth-order valence-electron chi connectivity index (χ4n) is 3.13. The van der Waals surface area contributed by atoms with Gasteiger partial charge in [0.1, 0.15) is 11.5 Å². The summed E-state index contributed by atoms with van der Waals surface area (Å²) in [5, 5.41) is 8.85. The largest absolute Gasteiger partial charge is 0.345 e. The van der Waals surface area contributed by atoms with Crippen LogP contribution in [0.5, 0.6) is 0 Å². The van der Waals surface area contributed by atoms with Crippen LogP contribution in [0.2, 0.25) is 0 Å². The van der Waals surface area contributed by atoms with Crippen molar-refractivity contribution in [1.29, 1.82) is 0 Å². The Morgan fingerprint density at radius 2 is 2.27 bits per heavy atom. The lowest BCUT2D eigenvalue weighted by Gasteiger charge is -2.03. The van der Waals surface area contributed by atoms with E-state index < -0.39 is 5.82 Å². The van der Waals surface area contributed by atoms with Gasteiger partial charge in [-0.3, -0.25) is 9.78 Å². The first kappa shape index (κ1) is 13.8. The van der Waals surface area contributed by atoms with Crippen LogP contribution >= 0.6 is 11.3 Å². The molecule has 5 nitrogen and oxygen atoms in total. The van der Waals surface area contributed by atoms with Crippen LogP contribution < -0.4 is 10.6 Å². The maximum absolute atomic E-state index is 13.5. The number of amides is 1. The molecular weight excluding hydrogens is 303 g/mol. The van der Waals surface area contributed by atoms with Crippen LogP contribution in [0.15, 0.2) is 23.7 Å². The van der Waals surface area contributed by atoms with Gasteiger partial charge in [0.2, 0.25) is 0 Å². The van der Waals surface area contributed by atoms with Gasteiger partial charge in [-0.2, -0.15) is 0 Å². The molecule has 1 saturated carbocycles. The minimum absolute atomic E-state index is 0.0664. The highest BCUT2D eigenvalue weighted by molar-refractivity contribution is 7.10. The van der Waals surface area contributed by atoms with E-state index in [1.165, 1.54) is 18.3 Å². The summed E-state index contributed by atoms with van der Waals surface area (Å²) in [6.45, 7) is 2.17. The quantitative estimate of drug-likeness (QED) is 0.897. The van der Waals surface area contributed by atoms with Crippen LogP contribution in [0, 0.1) is 17.7 Å². The zero-order chi connectivity index (χ0) is 15.1. The Kier molecular flexibility index (Phi) is 3.38. The number of carbonyl (C=O) groups is 1. The summed E-state index contributed by atoms with van der Waals surface area (Å²) < 4.78 is 13.5. The molecule has 1 amide bonds. The van der Waals surface area contributed by atoms with Crippen molar-refractivity contribution in [2.75, 3.05) is 13.1 Å². The van der Waals surface area contributed by atoms with Crippen molar-refractivity contribution in [2.24, 2.45) is 11.8 Å². The molecule has 2 fully saturated rings. The molecule has 0 spiro atoms. The molecule has 2 aromatic heterocycles. The summed E-state index contributed by atoms with van der Waals surface area (Å²) in [6, 6.07) is 2.85. The van der Waals surface area contributed by atoms with Crippen LogP contribution in [0.1, 0.15) is 27.1 Å². The number of halogens is 1. The molecule has 2 aromatic rings. The van der Waals surface area contributed by atoms with E-state index in [9.17, 15) is 9.18 Å². The zero-order valence-electron chi connectivity index (χ0n) is 11.8. The molecule has 0 bridgehead atoms. The number of fused-ring (bicyclic) bond motifs is 1. The third kappa shape index (κ3) is 2.40. The van der Waals surface area contributed by atoms with Crippen LogP contribution in [-0.2, 0) is 6.54 Å². The number of piperidine rings is 1. The van der Waals surface area contributed by atoms with Gasteiger partial charge in [-0.1, -0.05) is 0 Å². The van der Waals surface area contributed by atoms with Crippen molar-refractivity contribution < 1.29 is 9.18 Å². The van der Waals surface area contributed by atoms with E-state index >= 15 is 0 Å². The Balaban J connectivity index is 1.39. The van der Waals surface area contributed by atoms with Gasteiger partial charge < -0.3 is 10.6 Å². The summed E-state index contributed by atoms with van der Waals surface area (Å²) >= 11 is 1.54. The van der Waals surface area contributed by atoms with E-state index in [2.05, 4.69) is 20.6 Å². The van der Waals surface area contributed by atoms with Crippen LogP contribution in [0.25, 0.3) is 0 Å². The summed E-state index contributed by atoms with van der Waals surface area (Å²) in [6.07, 6.45) is 1.51. The van der Waals surface area contributed by atoms with E-state index in [0.29, 0.717) is 23.4 Å². The third-order valence-corrected chi connectivity index (χ3v) is 5.33. The van der Waals surface area contributed by atoms with E-state index in [4.69, 9.17) is 0 Å². The van der Waals surface area contributed by atoms with Crippen LogP contribution in [-0.4, -0.2) is 29.0 Å². The minimum atomic E-state index is -0.417. The molecule has 114 valence electrons. The van der Waals surface area contributed by atoms with Crippen molar-refractivity contribution in [3.8, 4) is 0 Å². The Morgan fingerprint density at radius 3 is 3.05 bits per heavy atom. The summed E-state index contributed by atoms with van der Waals surface area (Å²) in [4.78, 5) is 20.5. The number of thiazole rings is 1. The number of carbonyl (C=O) groups excluding carboxylic acids is 1. The fourth-order valence-corrected chi connectivity index (χ4v) is 4.18. The molecule has 1 aliphatic carbocycles. The van der Waals surface area contributed by atoms with Gasteiger partial charge in [-0.25, -0.2) is 9.37 Å². The molecule has 22 heavy (non-hydrogen) atoms. The van der Waals surface area contributed by atoms with Crippen molar-refractivity contribution in [1.82, 2.24) is 20.6 Å². The molecule has 2 N–H and O–H groups in total. The number of rotatable bonds is 4. The molecule has 0 aromatic carbocycles. The standard InChI is InChI=1S/C15H15FN4OS/c16-10-2-1-3-18-11(10)6-19-14(21)12-7-22-15(20-12)13-8-4-17-5-9(8)13/h1-3,7-9,13,17H,4-6H2,(H,19,21). The Bertz CT molecular complexity index is 709. The van der Waals surface area contributed by atoms with Crippen molar-refractivity contribution in [3.63, 3.8) is 0 Å². The third-order valence-electron chi connectivity index (χ3n) is 4.38. The highest BCUT2D eigenvalue weighted by Gasteiger charge is 2.55. The molecule has 2 atom stereocenters. The summed E-state index contributed by atoms with van der Waals surface area (Å²) in [5.41, 5.74) is 0.642. The smallest absolute Gasteiger partial charge is 0.271 e. The first-order valence-corrected chi connectivity index (χ1v) is 8.16. The lowest BCUT2D eigenvalue weighted by atomic mass is 10.3. The van der Waals surface area contributed by atoms with E-state index in [0.717, 1.165) is 18.1 Å². The summed E-state index contributed by atoms with van der Waals surface area (Å²) in [7, 11) is 0. The first-order valence-electron chi connectivity index (χ1n) is 7.28. The van der Waals surface area contributed by atoms with Gasteiger partial charge in [0.15, 0.2) is 0 Å². The van der Waals surface area contributed by atoms with Gasteiger partial charge >= 0.3 is 0 Å². The maximum Gasteiger partial charge on any atom is 0.271 e. The molecule has 4 rings (SSSR count). The van der Waals surface area contributed by atoms with Gasteiger partial charge in [-0.05, 0) is 37.1 Å². The van der Waals surface area contributed by atoms with E-state index in [-0.39, 0.29) is 18.1 Å². The maximum atomic E-state index is 13.5. The number of nitrogens with one attached hydrogen (secondary N) is 2. The Labute approximate surface area is 131 Å². The van der Waals surface area contributed by atoms with Crippen LogP contribution in [0.4, 0.5) is 4.39 Å². The molecule has 3 heterocycles. The molecule has 2 unspecified atom stereocenters. The molecule has 0 radical (unpaired) electrons. The second kappa shape index (κ2) is 5.40. The lowest BCUT2D eigenvalue weighted by Crippen LogP contribution is -2.24. The molecule has 2 aliphatic rings. The predicted molar refractivity (Wildman–Crippen MR) is 80.1 cm³/mol. The van der Waals surface area contributed by atoms with E-state index in [1.54, 1.807) is 16.7 Å². The average molecular weight is 318 g/mol. The number of nitrogens with zero attached hydrogens (tertiary/aromatic N) is 2. The average Bonchev–Trinajstić information content (AvgIpc) is 2.94. The molecule has 1 saturated heterocycles. The van der Waals surface area contributed by atoms with Crippen molar-refractivity contribution in [3.05, 3.63) is 45.9 Å². The Hall–Kier alpha value is -1.86. The number of hydrogen-bond donors (Lipinski definition) is 2. The first-order chi connectivity index (χ1) is 10.7. The Morgan fingerprint density at radius 1 is 1.45 bits per heavy atom. The highest BCUT2D eigenvalue weighted by atomic mass is 32.1. The zero-order valence-corrected chi connectivity index (χ0v) is 12.6. The van der Waals surface area contributed by atoms with Gasteiger partial charge in [0.25, 0.3) is 5.91 Å². The minimum Gasteiger partial charge on any atom is -0.345 e. The van der Waals surface area contributed by atoms with Gasteiger partial charge in [0.05, 0.1) is 17.2 Å². The van der Waals surface area contributed by atoms with Crippen molar-refractivity contribution in [2.45, 2.75) is 12.5 Å². The van der Waals surface area contributed by atoms with Crippen LogP contribution in [0.3, 0.4) is 0 Å². The van der Waals surface area contributed by atoms with E-state index in [1.807, 2.05) is 0 Å². The number of aromatic nitrogens is 2. The molecule has 7 heteroatoms. The fraction of sp³-hybridized carbons (Fsp3) is 0.400. The predicted octanol–water partition coefficient (Wildman–Crippen LogP) is 1.54. The van der Waals surface area contributed by atoms with Gasteiger partial charge in [0, 0.05) is 17.5 Å². The van der Waals surface area contributed by atoms with Gasteiger partial charge in [-0.15, -0.1) is 11.3 Å². The lowest BCUT2D eigenvalue weighted by molar-refractivity contribution is 0.0945. The normalized spacial score (nSPS) is 25.8. The number of pyridine rings is 1. The molecule has 1 aliphatic heterocycles. The SMILES string of the molecule is O=C(NCc1ncccc1F)c1csc(C2C3CNCC32)n1. The van der Waals surface area contributed by atoms with Crippen molar-refractivity contribution >= 4 is 17.2 Å². The second-order valence-corrected chi connectivity index (χ2v) is 6.59. The summed E-state index contributed by atoms with van der Waals surface area (Å²) in [5.74, 6) is 1.19.